The molecule has 2 bridgehead atoms. The van der Waals surface area contributed by atoms with E-state index >= 15 is 0 Å². The first-order valence-electron chi connectivity index (χ1n) is 9.14. The van der Waals surface area contributed by atoms with Crippen LogP contribution in [0.1, 0.15) is 48.7 Å². The van der Waals surface area contributed by atoms with Gasteiger partial charge in [0.05, 0.1) is 10.6 Å². The van der Waals surface area contributed by atoms with E-state index in [9.17, 15) is 9.90 Å². The fourth-order valence-electron chi connectivity index (χ4n) is 4.96. The number of hydrogen-bond acceptors (Lipinski definition) is 2. The standard InChI is InChI=1S/C22H24ClNO2/c1-21(2)19-13-15-16(8-6-10-18(15)25)22(21,3)11-12-24(19)20(26)14-7-4-5-9-17(14)23/h4-10,19,25H,11-13H2,1-3H3/t19-,22?/m1/s1. The van der Waals surface area contributed by atoms with Crippen LogP contribution in [-0.4, -0.2) is 28.5 Å². The lowest BCUT2D eigenvalue weighted by Crippen LogP contribution is -2.64. The van der Waals surface area contributed by atoms with Gasteiger partial charge in [0, 0.05) is 18.0 Å². The molecule has 0 aromatic heterocycles. The first kappa shape index (κ1) is 17.4. The maximum Gasteiger partial charge on any atom is 0.255 e. The van der Waals surface area contributed by atoms with Crippen molar-refractivity contribution in [3.8, 4) is 5.75 Å². The van der Waals surface area contributed by atoms with Crippen LogP contribution < -0.4 is 0 Å². The van der Waals surface area contributed by atoms with Crippen molar-refractivity contribution in [1.29, 1.82) is 0 Å². The van der Waals surface area contributed by atoms with E-state index in [1.54, 1.807) is 18.2 Å². The molecule has 1 unspecified atom stereocenters. The Balaban J connectivity index is 1.81. The highest BCUT2D eigenvalue weighted by molar-refractivity contribution is 6.33. The number of fused-ring (bicyclic) bond motifs is 4. The molecular weight excluding hydrogens is 346 g/mol. The number of nitrogens with zero attached hydrogens (tertiary/aromatic N) is 1. The normalized spacial score (nSPS) is 26.3. The van der Waals surface area contributed by atoms with Crippen molar-refractivity contribution < 1.29 is 9.90 Å². The summed E-state index contributed by atoms with van der Waals surface area (Å²) in [6.07, 6.45) is 1.53. The molecule has 1 aliphatic carbocycles. The first-order valence-corrected chi connectivity index (χ1v) is 9.52. The third kappa shape index (κ3) is 2.23. The van der Waals surface area contributed by atoms with Gasteiger partial charge < -0.3 is 10.0 Å². The van der Waals surface area contributed by atoms with Crippen LogP contribution in [-0.2, 0) is 11.8 Å². The number of halogens is 1. The number of aromatic hydroxyl groups is 1. The highest BCUT2D eigenvalue weighted by Gasteiger charge is 2.57. The minimum Gasteiger partial charge on any atom is -0.508 e. The molecule has 2 atom stereocenters. The maximum atomic E-state index is 13.3. The van der Waals surface area contributed by atoms with Crippen molar-refractivity contribution in [3.63, 3.8) is 0 Å². The van der Waals surface area contributed by atoms with Gasteiger partial charge in [-0.15, -0.1) is 0 Å². The molecule has 0 radical (unpaired) electrons. The SMILES string of the molecule is CC12CCN(C(=O)c3ccccc3Cl)[C@H](Cc3c(O)cccc31)C2(C)C. The number of phenolic OH excluding ortho intramolecular Hbond substituents is 1. The second-order valence-electron chi connectivity index (χ2n) is 8.31. The molecule has 1 saturated heterocycles. The quantitative estimate of drug-likeness (QED) is 0.784. The summed E-state index contributed by atoms with van der Waals surface area (Å²) < 4.78 is 0. The van der Waals surface area contributed by atoms with Crippen molar-refractivity contribution in [1.82, 2.24) is 4.90 Å². The zero-order chi connectivity index (χ0) is 18.7. The van der Waals surface area contributed by atoms with Crippen LogP contribution in [0.2, 0.25) is 5.02 Å². The lowest BCUT2D eigenvalue weighted by atomic mass is 9.51. The molecule has 3 nitrogen and oxygen atoms in total. The van der Waals surface area contributed by atoms with Crippen molar-refractivity contribution in [2.75, 3.05) is 6.54 Å². The molecule has 2 aliphatic rings. The number of benzene rings is 2. The van der Waals surface area contributed by atoms with Crippen molar-refractivity contribution in [2.24, 2.45) is 5.41 Å². The van der Waals surface area contributed by atoms with E-state index in [2.05, 4.69) is 26.8 Å². The fraction of sp³-hybridized carbons (Fsp3) is 0.409. The summed E-state index contributed by atoms with van der Waals surface area (Å²) in [5, 5.41) is 10.9. The number of hydrogen-bond donors (Lipinski definition) is 1. The smallest absolute Gasteiger partial charge is 0.255 e. The number of phenols is 1. The Hall–Kier alpha value is -2.00. The Labute approximate surface area is 159 Å². The molecule has 26 heavy (non-hydrogen) atoms. The molecule has 2 aromatic rings. The monoisotopic (exact) mass is 369 g/mol. The number of carbonyl (C=O) groups excluding carboxylic acids is 1. The van der Waals surface area contributed by atoms with Crippen LogP contribution in [0.4, 0.5) is 0 Å². The molecular formula is C22H24ClNO2. The molecule has 0 spiro atoms. The minimum atomic E-state index is -0.108. The van der Waals surface area contributed by atoms with E-state index in [0.29, 0.717) is 29.3 Å². The predicted octanol–water partition coefficient (Wildman–Crippen LogP) is 4.80. The van der Waals surface area contributed by atoms with Crippen LogP contribution in [0, 0.1) is 5.41 Å². The molecule has 136 valence electrons. The van der Waals surface area contributed by atoms with Crippen LogP contribution in [0.15, 0.2) is 42.5 Å². The summed E-state index contributed by atoms with van der Waals surface area (Å²) in [4.78, 5) is 15.3. The van der Waals surface area contributed by atoms with Gasteiger partial charge in [-0.3, -0.25) is 4.79 Å². The molecule has 4 rings (SSSR count). The lowest BCUT2D eigenvalue weighted by molar-refractivity contribution is -0.0266. The Bertz CT molecular complexity index is 891. The lowest BCUT2D eigenvalue weighted by Gasteiger charge is -2.60. The third-order valence-corrected chi connectivity index (χ3v) is 7.32. The molecule has 1 amide bonds. The van der Waals surface area contributed by atoms with E-state index in [1.807, 2.05) is 23.1 Å². The summed E-state index contributed by atoms with van der Waals surface area (Å²) in [5.41, 5.74) is 2.57. The van der Waals surface area contributed by atoms with Gasteiger partial charge in [-0.2, -0.15) is 0 Å². The predicted molar refractivity (Wildman–Crippen MR) is 104 cm³/mol. The minimum absolute atomic E-state index is 0.0189. The van der Waals surface area contributed by atoms with E-state index in [1.165, 1.54) is 5.56 Å². The Morgan fingerprint density at radius 2 is 1.88 bits per heavy atom. The van der Waals surface area contributed by atoms with Crippen molar-refractivity contribution >= 4 is 17.5 Å². The first-order chi connectivity index (χ1) is 12.3. The molecule has 2 aromatic carbocycles. The van der Waals surface area contributed by atoms with E-state index in [4.69, 9.17) is 11.6 Å². The van der Waals surface area contributed by atoms with E-state index < -0.39 is 0 Å². The van der Waals surface area contributed by atoms with Crippen molar-refractivity contribution in [2.45, 2.75) is 45.1 Å². The molecule has 1 aliphatic heterocycles. The van der Waals surface area contributed by atoms with E-state index in [-0.39, 0.29) is 22.8 Å². The highest BCUT2D eigenvalue weighted by Crippen LogP contribution is 2.57. The number of amides is 1. The number of piperidine rings is 1. The maximum absolute atomic E-state index is 13.3. The summed E-state index contributed by atoms with van der Waals surface area (Å²) in [7, 11) is 0. The number of rotatable bonds is 1. The fourth-order valence-corrected chi connectivity index (χ4v) is 5.17. The van der Waals surface area contributed by atoms with Crippen molar-refractivity contribution in [3.05, 3.63) is 64.2 Å². The molecule has 1 heterocycles. The van der Waals surface area contributed by atoms with Crippen LogP contribution in [0.25, 0.3) is 0 Å². The zero-order valence-corrected chi connectivity index (χ0v) is 16.2. The van der Waals surface area contributed by atoms with Gasteiger partial charge in [0.2, 0.25) is 0 Å². The van der Waals surface area contributed by atoms with Gasteiger partial charge in [0.1, 0.15) is 5.75 Å². The Kier molecular flexibility index (Phi) is 3.85. The average molecular weight is 370 g/mol. The summed E-state index contributed by atoms with van der Waals surface area (Å²) in [6.45, 7) is 7.46. The van der Waals surface area contributed by atoms with Gasteiger partial charge in [-0.05, 0) is 47.6 Å². The molecule has 1 fully saturated rings. The number of likely N-dealkylation sites (tertiary alicyclic amines) is 1. The van der Waals surface area contributed by atoms with Crippen LogP contribution in [0.5, 0.6) is 5.75 Å². The van der Waals surface area contributed by atoms with Gasteiger partial charge in [0.15, 0.2) is 0 Å². The third-order valence-electron chi connectivity index (χ3n) is 6.99. The second kappa shape index (κ2) is 5.75. The van der Waals surface area contributed by atoms with Gasteiger partial charge >= 0.3 is 0 Å². The zero-order valence-electron chi connectivity index (χ0n) is 15.4. The Morgan fingerprint density at radius 1 is 1.15 bits per heavy atom. The number of carbonyl (C=O) groups is 1. The molecule has 4 heteroatoms. The topological polar surface area (TPSA) is 40.5 Å². The summed E-state index contributed by atoms with van der Waals surface area (Å²) in [5.74, 6) is 0.316. The molecule has 0 saturated carbocycles. The highest BCUT2D eigenvalue weighted by atomic mass is 35.5. The Morgan fingerprint density at radius 3 is 2.62 bits per heavy atom. The second-order valence-corrected chi connectivity index (χ2v) is 8.71. The van der Waals surface area contributed by atoms with E-state index in [0.717, 1.165) is 12.0 Å². The largest absolute Gasteiger partial charge is 0.508 e. The van der Waals surface area contributed by atoms with Gasteiger partial charge in [-0.1, -0.05) is 56.6 Å². The summed E-state index contributed by atoms with van der Waals surface area (Å²) in [6, 6.07) is 13.1. The average Bonchev–Trinajstić information content (AvgIpc) is 2.59. The van der Waals surface area contributed by atoms with Gasteiger partial charge in [0.25, 0.3) is 5.91 Å². The molecule has 1 N–H and O–H groups in total. The summed E-state index contributed by atoms with van der Waals surface area (Å²) >= 11 is 6.29. The van der Waals surface area contributed by atoms with Crippen LogP contribution >= 0.6 is 11.6 Å². The van der Waals surface area contributed by atoms with Crippen LogP contribution in [0.3, 0.4) is 0 Å². The van der Waals surface area contributed by atoms with Gasteiger partial charge in [-0.25, -0.2) is 0 Å².